The maximum absolute atomic E-state index is 12.1. The van der Waals surface area contributed by atoms with Gasteiger partial charge in [-0.1, -0.05) is 29.4 Å². The van der Waals surface area contributed by atoms with Crippen LogP contribution in [0.4, 0.5) is 5.82 Å². The number of carbonyl (C=O) groups excluding carboxylic acids is 1. The van der Waals surface area contributed by atoms with Crippen molar-refractivity contribution in [2.24, 2.45) is 7.05 Å². The van der Waals surface area contributed by atoms with Gasteiger partial charge in [0.1, 0.15) is 11.6 Å². The third-order valence-electron chi connectivity index (χ3n) is 4.07. The highest BCUT2D eigenvalue weighted by atomic mass is 35.5. The summed E-state index contributed by atoms with van der Waals surface area (Å²) in [6.07, 6.45) is 1.20. The van der Waals surface area contributed by atoms with Crippen LogP contribution in [0.15, 0.2) is 41.7 Å². The Kier molecular flexibility index (Phi) is 6.76. The molecule has 0 bridgehead atoms. The fourth-order valence-electron chi connectivity index (χ4n) is 2.82. The van der Waals surface area contributed by atoms with E-state index < -0.39 is 0 Å². The van der Waals surface area contributed by atoms with E-state index in [0.29, 0.717) is 21.8 Å². The molecule has 9 heteroatoms. The van der Waals surface area contributed by atoms with Crippen molar-refractivity contribution in [1.29, 1.82) is 0 Å². The number of rotatable bonds is 7. The van der Waals surface area contributed by atoms with Gasteiger partial charge in [0.2, 0.25) is 5.91 Å². The molecule has 152 valence electrons. The number of halogens is 1. The number of carbonyl (C=O) groups is 1. The number of nitrogens with one attached hydrogen (secondary N) is 1. The molecule has 0 saturated carbocycles. The predicted octanol–water partition coefficient (Wildman–Crippen LogP) is 4.35. The molecule has 1 amide bonds. The molecule has 2 aromatic heterocycles. The molecule has 1 aromatic carbocycles. The van der Waals surface area contributed by atoms with Gasteiger partial charge >= 0.3 is 0 Å². The summed E-state index contributed by atoms with van der Waals surface area (Å²) in [5.74, 6) is 1.93. The van der Waals surface area contributed by atoms with E-state index in [1.807, 2.05) is 44.5 Å². The summed E-state index contributed by atoms with van der Waals surface area (Å²) in [6, 6.07) is 9.40. The molecule has 29 heavy (non-hydrogen) atoms. The molecular weight excluding hydrogens is 410 g/mol. The zero-order valence-electron chi connectivity index (χ0n) is 16.6. The summed E-state index contributed by atoms with van der Waals surface area (Å²) < 4.78 is 7.88. The lowest BCUT2D eigenvalue weighted by atomic mass is 10.1. The lowest BCUT2D eigenvalue weighted by Crippen LogP contribution is -2.15. The van der Waals surface area contributed by atoms with Gasteiger partial charge in [-0.15, -0.1) is 10.2 Å². The predicted molar refractivity (Wildman–Crippen MR) is 115 cm³/mol. The largest absolute Gasteiger partial charge is 0.483 e. The lowest BCUT2D eigenvalue weighted by molar-refractivity contribution is -0.113. The van der Waals surface area contributed by atoms with Gasteiger partial charge < -0.3 is 14.6 Å². The summed E-state index contributed by atoms with van der Waals surface area (Å²) in [5.41, 5.74) is 2.28. The van der Waals surface area contributed by atoms with E-state index in [1.54, 1.807) is 12.1 Å². The second-order valence-electron chi connectivity index (χ2n) is 6.68. The SMILES string of the molecule is Cc1cc(C)cc(OC(C)c2nnc(SCC(=O)Nc3ccc(Cl)cn3)n2C)c1. The van der Waals surface area contributed by atoms with E-state index in [2.05, 4.69) is 26.6 Å². The van der Waals surface area contributed by atoms with E-state index in [9.17, 15) is 4.79 Å². The quantitative estimate of drug-likeness (QED) is 0.560. The minimum atomic E-state index is -0.282. The Hall–Kier alpha value is -2.58. The molecule has 0 spiro atoms. The summed E-state index contributed by atoms with van der Waals surface area (Å²) in [6.45, 7) is 5.99. The Labute approximate surface area is 178 Å². The van der Waals surface area contributed by atoms with Gasteiger partial charge in [0.25, 0.3) is 0 Å². The zero-order valence-corrected chi connectivity index (χ0v) is 18.2. The molecule has 7 nitrogen and oxygen atoms in total. The number of ether oxygens (including phenoxy) is 1. The van der Waals surface area contributed by atoms with Crippen LogP contribution in [0.3, 0.4) is 0 Å². The molecular formula is C20H22ClN5O2S. The summed E-state index contributed by atoms with van der Waals surface area (Å²) in [5, 5.41) is 12.3. The Morgan fingerprint density at radius 2 is 1.97 bits per heavy atom. The number of pyridine rings is 1. The first-order valence-corrected chi connectivity index (χ1v) is 10.4. The van der Waals surface area contributed by atoms with Crippen LogP contribution in [-0.4, -0.2) is 31.4 Å². The molecule has 3 rings (SSSR count). The van der Waals surface area contributed by atoms with E-state index in [-0.39, 0.29) is 17.8 Å². The van der Waals surface area contributed by atoms with Gasteiger partial charge in [-0.25, -0.2) is 4.98 Å². The molecule has 1 atom stereocenters. The number of hydrogen-bond acceptors (Lipinski definition) is 6. The van der Waals surface area contributed by atoms with Crippen molar-refractivity contribution < 1.29 is 9.53 Å². The van der Waals surface area contributed by atoms with Crippen molar-refractivity contribution in [2.75, 3.05) is 11.1 Å². The number of hydrogen-bond donors (Lipinski definition) is 1. The molecule has 0 saturated heterocycles. The van der Waals surface area contributed by atoms with Gasteiger partial charge in [0, 0.05) is 13.2 Å². The summed E-state index contributed by atoms with van der Waals surface area (Å²) in [7, 11) is 1.86. The number of aromatic nitrogens is 4. The van der Waals surface area contributed by atoms with Crippen LogP contribution in [-0.2, 0) is 11.8 Å². The third-order valence-corrected chi connectivity index (χ3v) is 5.31. The average molecular weight is 432 g/mol. The van der Waals surface area contributed by atoms with E-state index >= 15 is 0 Å². The van der Waals surface area contributed by atoms with E-state index in [1.165, 1.54) is 18.0 Å². The van der Waals surface area contributed by atoms with Gasteiger partial charge in [0.15, 0.2) is 17.1 Å². The van der Waals surface area contributed by atoms with Crippen LogP contribution in [0, 0.1) is 13.8 Å². The normalized spacial score (nSPS) is 11.9. The first-order valence-electron chi connectivity index (χ1n) is 9.00. The highest BCUT2D eigenvalue weighted by Crippen LogP contribution is 2.25. The molecule has 0 fully saturated rings. The topological polar surface area (TPSA) is 81.9 Å². The molecule has 1 N–H and O–H groups in total. The Morgan fingerprint density at radius 3 is 2.62 bits per heavy atom. The Bertz CT molecular complexity index is 986. The van der Waals surface area contributed by atoms with Crippen LogP contribution in [0.2, 0.25) is 5.02 Å². The number of amides is 1. The standard InChI is InChI=1S/C20H22ClN5O2S/c1-12-7-13(2)9-16(8-12)28-14(3)19-24-25-20(26(19)4)29-11-18(27)23-17-6-5-15(21)10-22-17/h5-10,14H,11H2,1-4H3,(H,22,23,27). The minimum absolute atomic E-state index is 0.183. The van der Waals surface area contributed by atoms with Crippen LogP contribution in [0.1, 0.15) is 30.0 Å². The molecule has 0 aliphatic carbocycles. The van der Waals surface area contributed by atoms with Crippen molar-refractivity contribution >= 4 is 35.1 Å². The van der Waals surface area contributed by atoms with Crippen LogP contribution < -0.4 is 10.1 Å². The smallest absolute Gasteiger partial charge is 0.236 e. The monoisotopic (exact) mass is 431 g/mol. The van der Waals surface area contributed by atoms with Gasteiger partial charge in [-0.2, -0.15) is 0 Å². The first-order chi connectivity index (χ1) is 13.8. The van der Waals surface area contributed by atoms with Crippen molar-refractivity contribution in [1.82, 2.24) is 19.7 Å². The van der Waals surface area contributed by atoms with Crippen molar-refractivity contribution in [2.45, 2.75) is 32.0 Å². The highest BCUT2D eigenvalue weighted by Gasteiger charge is 2.18. The fourth-order valence-corrected chi connectivity index (χ4v) is 3.65. The van der Waals surface area contributed by atoms with E-state index in [4.69, 9.17) is 16.3 Å². The summed E-state index contributed by atoms with van der Waals surface area (Å²) in [4.78, 5) is 16.2. The third kappa shape index (κ3) is 5.71. The molecule has 3 aromatic rings. The second-order valence-corrected chi connectivity index (χ2v) is 8.06. The van der Waals surface area contributed by atoms with Crippen LogP contribution in [0.25, 0.3) is 0 Å². The van der Waals surface area contributed by atoms with Gasteiger partial charge in [-0.05, 0) is 56.2 Å². The maximum atomic E-state index is 12.1. The second kappa shape index (κ2) is 9.28. The number of thioether (sulfide) groups is 1. The Morgan fingerprint density at radius 1 is 1.24 bits per heavy atom. The van der Waals surface area contributed by atoms with Crippen LogP contribution >= 0.6 is 23.4 Å². The first kappa shape index (κ1) is 21.1. The minimum Gasteiger partial charge on any atom is -0.483 e. The fraction of sp³-hybridized carbons (Fsp3) is 0.300. The highest BCUT2D eigenvalue weighted by molar-refractivity contribution is 7.99. The Balaban J connectivity index is 1.59. The number of benzene rings is 1. The number of nitrogens with zero attached hydrogens (tertiary/aromatic N) is 4. The van der Waals surface area contributed by atoms with Gasteiger partial charge in [0.05, 0.1) is 10.8 Å². The average Bonchev–Trinajstić information content (AvgIpc) is 3.02. The number of aryl methyl sites for hydroxylation is 2. The number of anilines is 1. The molecule has 1 unspecified atom stereocenters. The molecule has 0 radical (unpaired) electrons. The lowest BCUT2D eigenvalue weighted by Gasteiger charge is -2.15. The molecule has 0 aliphatic rings. The van der Waals surface area contributed by atoms with Crippen molar-refractivity contribution in [3.63, 3.8) is 0 Å². The van der Waals surface area contributed by atoms with Crippen LogP contribution in [0.5, 0.6) is 5.75 Å². The summed E-state index contributed by atoms with van der Waals surface area (Å²) >= 11 is 7.09. The van der Waals surface area contributed by atoms with Crippen molar-refractivity contribution in [3.8, 4) is 5.75 Å². The maximum Gasteiger partial charge on any atom is 0.236 e. The van der Waals surface area contributed by atoms with Gasteiger partial charge in [-0.3, -0.25) is 4.79 Å². The molecule has 2 heterocycles. The van der Waals surface area contributed by atoms with E-state index in [0.717, 1.165) is 16.9 Å². The van der Waals surface area contributed by atoms with Crippen molar-refractivity contribution in [3.05, 3.63) is 58.5 Å². The zero-order chi connectivity index (χ0) is 21.0. The molecule has 0 aliphatic heterocycles.